The zero-order valence-corrected chi connectivity index (χ0v) is 16.9. The van der Waals surface area contributed by atoms with Gasteiger partial charge in [0.05, 0.1) is 18.1 Å². The van der Waals surface area contributed by atoms with Crippen LogP contribution in [-0.2, 0) is 26.9 Å². The van der Waals surface area contributed by atoms with Gasteiger partial charge in [0.2, 0.25) is 10.0 Å². The van der Waals surface area contributed by atoms with Crippen molar-refractivity contribution in [2.75, 3.05) is 6.61 Å². The average molecular weight is 396 g/mol. The van der Waals surface area contributed by atoms with E-state index in [1.54, 1.807) is 16.4 Å². The molecule has 0 N–H and O–H groups in total. The van der Waals surface area contributed by atoms with Gasteiger partial charge in [-0.3, -0.25) is 0 Å². The average Bonchev–Trinajstić information content (AvgIpc) is 3.03. The first-order chi connectivity index (χ1) is 13.5. The Labute approximate surface area is 166 Å². The molecule has 2 atom stereocenters. The molecule has 0 unspecified atom stereocenters. The molecule has 2 aromatic rings. The van der Waals surface area contributed by atoms with Crippen LogP contribution in [0, 0.1) is 6.92 Å². The highest BCUT2D eigenvalue weighted by Crippen LogP contribution is 2.50. The molecule has 146 valence electrons. The number of fused-ring (bicyclic) bond motifs is 3. The monoisotopic (exact) mass is 395 g/mol. The van der Waals surface area contributed by atoms with E-state index >= 15 is 0 Å². The van der Waals surface area contributed by atoms with Crippen molar-refractivity contribution in [3.63, 3.8) is 0 Å². The first-order valence-corrected chi connectivity index (χ1v) is 11.5. The Morgan fingerprint density at radius 1 is 1.07 bits per heavy atom. The molecule has 2 heterocycles. The number of nitrogens with zero attached hydrogens (tertiary/aromatic N) is 1. The predicted molar refractivity (Wildman–Crippen MR) is 108 cm³/mol. The largest absolute Gasteiger partial charge is 0.374 e. The molecule has 5 heteroatoms. The van der Waals surface area contributed by atoms with Crippen LogP contribution in [0.3, 0.4) is 0 Å². The summed E-state index contributed by atoms with van der Waals surface area (Å²) in [5.41, 5.74) is 3.70. The van der Waals surface area contributed by atoms with Crippen LogP contribution in [0.5, 0.6) is 0 Å². The van der Waals surface area contributed by atoms with Gasteiger partial charge in [-0.15, -0.1) is 0 Å². The van der Waals surface area contributed by atoms with Crippen molar-refractivity contribution in [2.24, 2.45) is 0 Å². The van der Waals surface area contributed by atoms with Crippen molar-refractivity contribution < 1.29 is 13.2 Å². The van der Waals surface area contributed by atoms with E-state index in [0.717, 1.165) is 42.4 Å². The maximum atomic E-state index is 13.9. The molecule has 1 fully saturated rings. The van der Waals surface area contributed by atoms with Gasteiger partial charge in [-0.25, -0.2) is 8.42 Å². The lowest BCUT2D eigenvalue weighted by Gasteiger charge is -2.44. The fraction of sp³-hybridized carbons (Fsp3) is 0.391. The van der Waals surface area contributed by atoms with E-state index in [9.17, 15) is 8.42 Å². The minimum absolute atomic E-state index is 0.0743. The van der Waals surface area contributed by atoms with E-state index in [4.69, 9.17) is 4.74 Å². The predicted octanol–water partition coefficient (Wildman–Crippen LogP) is 4.29. The fourth-order valence-corrected chi connectivity index (χ4v) is 6.99. The smallest absolute Gasteiger partial charge is 0.244 e. The standard InChI is InChI=1S/C23H25NO3S/c1-17-10-12-20(13-11-17)28(25,26)24-22-9-5-3-6-18(22)14-23(24)16-27-15-19-7-2-4-8-21(19)23/h2,4,7-8,10-14,22H,3,5-6,9,15-16H2,1H3/t22-,23+/m0/s1. The maximum Gasteiger partial charge on any atom is 0.244 e. The van der Waals surface area contributed by atoms with Crippen LogP contribution >= 0.6 is 0 Å². The van der Waals surface area contributed by atoms with E-state index in [2.05, 4.69) is 12.1 Å². The third kappa shape index (κ3) is 2.60. The van der Waals surface area contributed by atoms with Crippen molar-refractivity contribution in [1.29, 1.82) is 0 Å². The summed E-state index contributed by atoms with van der Waals surface area (Å²) in [5.74, 6) is 0. The summed E-state index contributed by atoms with van der Waals surface area (Å²) in [5, 5.41) is 0. The molecule has 0 aromatic heterocycles. The van der Waals surface area contributed by atoms with E-state index in [1.807, 2.05) is 37.3 Å². The molecule has 2 aliphatic heterocycles. The fourth-order valence-electron chi connectivity index (χ4n) is 5.07. The summed E-state index contributed by atoms with van der Waals surface area (Å²) in [6, 6.07) is 15.3. The van der Waals surface area contributed by atoms with Crippen LogP contribution in [0.2, 0.25) is 0 Å². The molecule has 0 bridgehead atoms. The van der Waals surface area contributed by atoms with Gasteiger partial charge in [-0.05, 0) is 49.4 Å². The number of rotatable bonds is 2. The number of hydrogen-bond acceptors (Lipinski definition) is 3. The van der Waals surface area contributed by atoms with Gasteiger partial charge in [-0.1, -0.05) is 60.0 Å². The van der Waals surface area contributed by atoms with E-state index < -0.39 is 15.6 Å². The van der Waals surface area contributed by atoms with Crippen LogP contribution in [0.1, 0.15) is 42.4 Å². The molecule has 1 saturated carbocycles. The van der Waals surface area contributed by atoms with Gasteiger partial charge in [0.1, 0.15) is 5.54 Å². The Morgan fingerprint density at radius 3 is 2.68 bits per heavy atom. The van der Waals surface area contributed by atoms with E-state index in [1.165, 1.54) is 5.57 Å². The number of aryl methyl sites for hydroxylation is 1. The van der Waals surface area contributed by atoms with Crippen molar-refractivity contribution >= 4 is 10.0 Å². The summed E-state index contributed by atoms with van der Waals surface area (Å²) < 4.78 is 35.6. The normalized spacial score (nSPS) is 27.3. The third-order valence-electron chi connectivity index (χ3n) is 6.36. The van der Waals surface area contributed by atoms with Gasteiger partial charge in [0, 0.05) is 6.04 Å². The van der Waals surface area contributed by atoms with Gasteiger partial charge in [-0.2, -0.15) is 4.31 Å². The molecule has 5 rings (SSSR count). The second-order valence-corrected chi connectivity index (χ2v) is 9.98. The van der Waals surface area contributed by atoms with Gasteiger partial charge in [0.15, 0.2) is 0 Å². The molecule has 4 nitrogen and oxygen atoms in total. The maximum absolute atomic E-state index is 13.9. The van der Waals surface area contributed by atoms with Crippen LogP contribution in [0.4, 0.5) is 0 Å². The SMILES string of the molecule is Cc1ccc(S(=O)(=O)N2[C@H]3CCCCC3=C[C@]23COCc2ccccc23)cc1. The quantitative estimate of drug-likeness (QED) is 0.713. The van der Waals surface area contributed by atoms with Crippen molar-refractivity contribution in [1.82, 2.24) is 4.31 Å². The highest BCUT2D eigenvalue weighted by Gasteiger charge is 2.55. The third-order valence-corrected chi connectivity index (χ3v) is 8.33. The summed E-state index contributed by atoms with van der Waals surface area (Å²) in [7, 11) is -3.68. The zero-order chi connectivity index (χ0) is 19.4. The molecule has 0 saturated heterocycles. The number of sulfonamides is 1. The van der Waals surface area contributed by atoms with Gasteiger partial charge < -0.3 is 4.74 Å². The second kappa shape index (κ2) is 6.55. The minimum atomic E-state index is -3.68. The van der Waals surface area contributed by atoms with Crippen molar-refractivity contribution in [3.05, 3.63) is 76.9 Å². The van der Waals surface area contributed by atoms with Crippen LogP contribution in [0.25, 0.3) is 0 Å². The molecule has 0 amide bonds. The molecule has 3 aliphatic rings. The molecule has 0 radical (unpaired) electrons. The Morgan fingerprint density at radius 2 is 1.86 bits per heavy atom. The molecule has 2 aromatic carbocycles. The van der Waals surface area contributed by atoms with Gasteiger partial charge in [0.25, 0.3) is 0 Å². The summed E-state index contributed by atoms with van der Waals surface area (Å²) >= 11 is 0. The van der Waals surface area contributed by atoms with Crippen LogP contribution < -0.4 is 0 Å². The number of benzene rings is 2. The lowest BCUT2D eigenvalue weighted by atomic mass is 9.85. The Kier molecular flexibility index (Phi) is 4.23. The lowest BCUT2D eigenvalue weighted by Crippen LogP contribution is -2.54. The molecular weight excluding hydrogens is 370 g/mol. The van der Waals surface area contributed by atoms with Crippen LogP contribution in [0.15, 0.2) is 65.1 Å². The summed E-state index contributed by atoms with van der Waals surface area (Å²) in [6.45, 7) is 2.87. The highest BCUT2D eigenvalue weighted by atomic mass is 32.2. The molecule has 1 aliphatic carbocycles. The lowest BCUT2D eigenvalue weighted by molar-refractivity contribution is 0.0225. The highest BCUT2D eigenvalue weighted by molar-refractivity contribution is 7.89. The topological polar surface area (TPSA) is 46.6 Å². The van der Waals surface area contributed by atoms with Gasteiger partial charge >= 0.3 is 0 Å². The molecular formula is C23H25NO3S. The zero-order valence-electron chi connectivity index (χ0n) is 16.1. The number of ether oxygens (including phenoxy) is 1. The first-order valence-electron chi connectivity index (χ1n) is 10.0. The van der Waals surface area contributed by atoms with E-state index in [0.29, 0.717) is 18.1 Å². The Bertz CT molecular complexity index is 1040. The van der Waals surface area contributed by atoms with Crippen LogP contribution in [-0.4, -0.2) is 25.4 Å². The molecule has 1 spiro atoms. The first kappa shape index (κ1) is 18.1. The van der Waals surface area contributed by atoms with Crippen molar-refractivity contribution in [3.8, 4) is 0 Å². The minimum Gasteiger partial charge on any atom is -0.374 e. The second-order valence-electron chi connectivity index (χ2n) is 8.17. The van der Waals surface area contributed by atoms with E-state index in [-0.39, 0.29) is 6.04 Å². The molecule has 28 heavy (non-hydrogen) atoms. The Hall–Kier alpha value is -1.95. The number of hydrogen-bond donors (Lipinski definition) is 0. The summed E-state index contributed by atoms with van der Waals surface area (Å²) in [4.78, 5) is 0.362. The summed E-state index contributed by atoms with van der Waals surface area (Å²) in [6.07, 6.45) is 6.23. The van der Waals surface area contributed by atoms with Crippen molar-refractivity contribution in [2.45, 2.75) is 55.7 Å². The Balaban J connectivity index is 1.72.